The van der Waals surface area contributed by atoms with Gasteiger partial charge in [0.1, 0.15) is 0 Å². The summed E-state index contributed by atoms with van der Waals surface area (Å²) in [5.41, 5.74) is 1.63. The normalized spacial score (nSPS) is 12.1. The third-order valence-corrected chi connectivity index (χ3v) is 2.47. The molecule has 0 fully saturated rings. The van der Waals surface area contributed by atoms with E-state index >= 15 is 0 Å². The van der Waals surface area contributed by atoms with Crippen LogP contribution in [0.1, 0.15) is 30.4 Å². The number of hydrogen-bond acceptors (Lipinski definition) is 2. The van der Waals surface area contributed by atoms with Gasteiger partial charge in [0.25, 0.3) is 0 Å². The molecule has 1 rings (SSSR count). The van der Waals surface area contributed by atoms with E-state index in [1.165, 1.54) is 0 Å². The highest BCUT2D eigenvalue weighted by atomic mass is 16.4. The van der Waals surface area contributed by atoms with Gasteiger partial charge in [0.05, 0.1) is 12.3 Å². The van der Waals surface area contributed by atoms with Gasteiger partial charge in [-0.3, -0.25) is 9.59 Å². The summed E-state index contributed by atoms with van der Waals surface area (Å²) in [5, 5.41) is 17.6. The SMILES string of the molecule is CCc1ccc([C@@H](CC(=O)O)C(=O)O)cc1. The van der Waals surface area contributed by atoms with Gasteiger partial charge < -0.3 is 10.2 Å². The highest BCUT2D eigenvalue weighted by molar-refractivity contribution is 5.82. The maximum absolute atomic E-state index is 10.9. The van der Waals surface area contributed by atoms with Gasteiger partial charge in [-0.2, -0.15) is 0 Å². The fraction of sp³-hybridized carbons (Fsp3) is 0.333. The summed E-state index contributed by atoms with van der Waals surface area (Å²) in [5.74, 6) is -3.18. The van der Waals surface area contributed by atoms with Crippen molar-refractivity contribution in [3.63, 3.8) is 0 Å². The molecule has 1 aromatic carbocycles. The van der Waals surface area contributed by atoms with Crippen LogP contribution >= 0.6 is 0 Å². The van der Waals surface area contributed by atoms with E-state index in [9.17, 15) is 9.59 Å². The van der Waals surface area contributed by atoms with E-state index in [0.29, 0.717) is 5.56 Å². The molecule has 0 saturated carbocycles. The molecule has 0 aliphatic carbocycles. The molecule has 4 nitrogen and oxygen atoms in total. The molecule has 4 heteroatoms. The number of carboxylic acid groups (broad SMARTS) is 2. The predicted octanol–water partition coefficient (Wildman–Crippen LogP) is 1.89. The summed E-state index contributed by atoms with van der Waals surface area (Å²) in [6.45, 7) is 2.00. The molecule has 0 unspecified atom stereocenters. The predicted molar refractivity (Wildman–Crippen MR) is 58.4 cm³/mol. The van der Waals surface area contributed by atoms with E-state index in [0.717, 1.165) is 12.0 Å². The average molecular weight is 222 g/mol. The van der Waals surface area contributed by atoms with Gasteiger partial charge in [0, 0.05) is 0 Å². The van der Waals surface area contributed by atoms with Crippen molar-refractivity contribution in [2.24, 2.45) is 0 Å². The standard InChI is InChI=1S/C12H14O4/c1-2-8-3-5-9(6-4-8)10(12(15)16)7-11(13)14/h3-6,10H,2,7H2,1H3,(H,13,14)(H,15,16)/t10-/m1/s1. The van der Waals surface area contributed by atoms with Crippen molar-refractivity contribution in [1.82, 2.24) is 0 Å². The molecule has 2 N–H and O–H groups in total. The zero-order chi connectivity index (χ0) is 12.1. The Morgan fingerprint density at radius 2 is 1.75 bits per heavy atom. The molecule has 0 radical (unpaired) electrons. The van der Waals surface area contributed by atoms with Crippen LogP contribution in [0.4, 0.5) is 0 Å². The number of benzene rings is 1. The number of carbonyl (C=O) groups is 2. The molecular formula is C12H14O4. The lowest BCUT2D eigenvalue weighted by atomic mass is 9.95. The van der Waals surface area contributed by atoms with Crippen LogP contribution in [0.2, 0.25) is 0 Å². The quantitative estimate of drug-likeness (QED) is 0.797. The molecular weight excluding hydrogens is 208 g/mol. The summed E-state index contributed by atoms with van der Waals surface area (Å²) < 4.78 is 0. The molecule has 0 aliphatic rings. The minimum absolute atomic E-state index is 0.388. The Morgan fingerprint density at radius 1 is 1.19 bits per heavy atom. The van der Waals surface area contributed by atoms with E-state index in [1.807, 2.05) is 19.1 Å². The van der Waals surface area contributed by atoms with Gasteiger partial charge in [-0.1, -0.05) is 31.2 Å². The Labute approximate surface area is 93.5 Å². The Morgan fingerprint density at radius 3 is 2.12 bits per heavy atom. The lowest BCUT2D eigenvalue weighted by Crippen LogP contribution is -2.15. The van der Waals surface area contributed by atoms with Crippen molar-refractivity contribution in [2.45, 2.75) is 25.7 Å². The fourth-order valence-electron chi connectivity index (χ4n) is 1.51. The molecule has 0 aliphatic heterocycles. The Kier molecular flexibility index (Phi) is 4.05. The second kappa shape index (κ2) is 5.30. The highest BCUT2D eigenvalue weighted by Crippen LogP contribution is 2.20. The van der Waals surface area contributed by atoms with E-state index in [4.69, 9.17) is 10.2 Å². The van der Waals surface area contributed by atoms with Gasteiger partial charge in [-0.05, 0) is 17.5 Å². The van der Waals surface area contributed by atoms with Gasteiger partial charge >= 0.3 is 11.9 Å². The molecule has 0 amide bonds. The van der Waals surface area contributed by atoms with Crippen LogP contribution in [0, 0.1) is 0 Å². The van der Waals surface area contributed by atoms with Crippen LogP contribution in [0.25, 0.3) is 0 Å². The first-order valence-electron chi connectivity index (χ1n) is 5.08. The van der Waals surface area contributed by atoms with Crippen molar-refractivity contribution in [1.29, 1.82) is 0 Å². The zero-order valence-electron chi connectivity index (χ0n) is 9.01. The molecule has 1 atom stereocenters. The molecule has 0 saturated heterocycles. The van der Waals surface area contributed by atoms with Crippen LogP contribution in [0.5, 0.6) is 0 Å². The molecule has 0 aromatic heterocycles. The van der Waals surface area contributed by atoms with E-state index in [-0.39, 0.29) is 6.42 Å². The van der Waals surface area contributed by atoms with E-state index in [2.05, 4.69) is 0 Å². The average Bonchev–Trinajstić information content (AvgIpc) is 2.25. The number of aliphatic carboxylic acids is 2. The van der Waals surface area contributed by atoms with Gasteiger partial charge in [0.2, 0.25) is 0 Å². The first kappa shape index (κ1) is 12.2. The molecule has 16 heavy (non-hydrogen) atoms. The van der Waals surface area contributed by atoms with Gasteiger partial charge in [-0.15, -0.1) is 0 Å². The van der Waals surface area contributed by atoms with Crippen LogP contribution < -0.4 is 0 Å². The molecule has 86 valence electrons. The minimum Gasteiger partial charge on any atom is -0.481 e. The summed E-state index contributed by atoms with van der Waals surface area (Å²) >= 11 is 0. The van der Waals surface area contributed by atoms with Crippen LogP contribution in [-0.2, 0) is 16.0 Å². The second-order valence-corrected chi connectivity index (χ2v) is 3.58. The smallest absolute Gasteiger partial charge is 0.311 e. The number of aryl methyl sites for hydroxylation is 1. The van der Waals surface area contributed by atoms with Gasteiger partial charge in [0.15, 0.2) is 0 Å². The number of rotatable bonds is 5. The second-order valence-electron chi connectivity index (χ2n) is 3.58. The maximum Gasteiger partial charge on any atom is 0.311 e. The molecule has 1 aromatic rings. The monoisotopic (exact) mass is 222 g/mol. The van der Waals surface area contributed by atoms with Crippen molar-refractivity contribution in [3.8, 4) is 0 Å². The maximum atomic E-state index is 10.9. The number of carboxylic acids is 2. The zero-order valence-corrected chi connectivity index (χ0v) is 9.01. The largest absolute Gasteiger partial charge is 0.481 e. The summed E-state index contributed by atoms with van der Waals surface area (Å²) in [6.07, 6.45) is 0.484. The van der Waals surface area contributed by atoms with Crippen LogP contribution in [-0.4, -0.2) is 22.2 Å². The Hall–Kier alpha value is -1.84. The van der Waals surface area contributed by atoms with E-state index < -0.39 is 17.9 Å². The Balaban J connectivity index is 2.92. The Bertz CT molecular complexity index is 381. The first-order valence-corrected chi connectivity index (χ1v) is 5.08. The van der Waals surface area contributed by atoms with Crippen LogP contribution in [0.3, 0.4) is 0 Å². The minimum atomic E-state index is -1.10. The number of hydrogen-bond donors (Lipinski definition) is 2. The third kappa shape index (κ3) is 3.08. The first-order chi connectivity index (χ1) is 7.54. The topological polar surface area (TPSA) is 74.6 Å². The summed E-state index contributed by atoms with van der Waals surface area (Å²) in [6, 6.07) is 7.02. The lowest BCUT2D eigenvalue weighted by molar-refractivity contribution is -0.145. The molecule has 0 bridgehead atoms. The van der Waals surface area contributed by atoms with Crippen molar-refractivity contribution in [2.75, 3.05) is 0 Å². The summed E-state index contributed by atoms with van der Waals surface area (Å²) in [4.78, 5) is 21.5. The van der Waals surface area contributed by atoms with Gasteiger partial charge in [-0.25, -0.2) is 0 Å². The fourth-order valence-corrected chi connectivity index (χ4v) is 1.51. The van der Waals surface area contributed by atoms with Crippen molar-refractivity contribution < 1.29 is 19.8 Å². The van der Waals surface area contributed by atoms with Crippen LogP contribution in [0.15, 0.2) is 24.3 Å². The summed E-state index contributed by atoms with van der Waals surface area (Å²) in [7, 11) is 0. The molecule has 0 spiro atoms. The lowest BCUT2D eigenvalue weighted by Gasteiger charge is -2.10. The molecule has 0 heterocycles. The van der Waals surface area contributed by atoms with E-state index in [1.54, 1.807) is 12.1 Å². The highest BCUT2D eigenvalue weighted by Gasteiger charge is 2.22. The third-order valence-electron chi connectivity index (χ3n) is 2.47. The van der Waals surface area contributed by atoms with Crippen molar-refractivity contribution >= 4 is 11.9 Å². The van der Waals surface area contributed by atoms with Crippen molar-refractivity contribution in [3.05, 3.63) is 35.4 Å².